The van der Waals surface area contributed by atoms with Crippen molar-refractivity contribution in [2.45, 2.75) is 12.8 Å². The molecule has 18 heavy (non-hydrogen) atoms. The molecule has 0 atom stereocenters. The summed E-state index contributed by atoms with van der Waals surface area (Å²) >= 11 is 0. The Morgan fingerprint density at radius 2 is 1.83 bits per heavy atom. The number of hydrogen-bond acceptors (Lipinski definition) is 4. The van der Waals surface area contributed by atoms with Crippen LogP contribution >= 0.6 is 0 Å². The zero-order chi connectivity index (χ0) is 13.2. The van der Waals surface area contributed by atoms with Crippen LogP contribution in [0.2, 0.25) is 0 Å². The largest absolute Gasteiger partial charge is 0.493 e. The van der Waals surface area contributed by atoms with Gasteiger partial charge in [0.15, 0.2) is 0 Å². The molecule has 1 aromatic rings. The molecular weight excluding hydrogens is 232 g/mol. The van der Waals surface area contributed by atoms with E-state index in [1.165, 1.54) is 0 Å². The molecular formula is C14H18O4. The molecule has 0 aliphatic rings. The average molecular weight is 250 g/mol. The lowest BCUT2D eigenvalue weighted by atomic mass is 10.2. The van der Waals surface area contributed by atoms with Crippen LogP contribution in [0, 0.1) is 0 Å². The van der Waals surface area contributed by atoms with Crippen molar-refractivity contribution in [3.05, 3.63) is 36.4 Å². The second kappa shape index (κ2) is 8.31. The summed E-state index contributed by atoms with van der Waals surface area (Å²) in [5.41, 5.74) is 0.505. The van der Waals surface area contributed by atoms with Crippen LogP contribution in [0.25, 0.3) is 0 Å². The molecule has 0 amide bonds. The second-order valence-corrected chi connectivity index (χ2v) is 3.71. The van der Waals surface area contributed by atoms with E-state index in [1.807, 2.05) is 0 Å². The molecule has 0 radical (unpaired) electrons. The van der Waals surface area contributed by atoms with Crippen molar-refractivity contribution >= 4 is 6.29 Å². The Balaban J connectivity index is 2.67. The maximum absolute atomic E-state index is 10.8. The Kier molecular flexibility index (Phi) is 6.58. The first kappa shape index (κ1) is 14.3. The number of aliphatic hydroxyl groups excluding tert-OH is 1. The lowest BCUT2D eigenvalue weighted by Gasteiger charge is -2.09. The van der Waals surface area contributed by atoms with Crippen molar-refractivity contribution < 1.29 is 19.4 Å². The molecule has 4 heteroatoms. The first-order valence-electron chi connectivity index (χ1n) is 5.87. The van der Waals surface area contributed by atoms with Crippen LogP contribution in [-0.2, 0) is 0 Å². The molecule has 0 spiro atoms. The summed E-state index contributed by atoms with van der Waals surface area (Å²) in [4.78, 5) is 10.8. The number of ether oxygens (including phenoxy) is 2. The van der Waals surface area contributed by atoms with Crippen LogP contribution < -0.4 is 9.47 Å². The van der Waals surface area contributed by atoms with Gasteiger partial charge in [0.25, 0.3) is 0 Å². The third-order valence-electron chi connectivity index (χ3n) is 2.20. The molecule has 0 saturated heterocycles. The third-order valence-corrected chi connectivity index (χ3v) is 2.20. The molecule has 1 rings (SSSR count). The molecule has 1 aromatic carbocycles. The van der Waals surface area contributed by atoms with Crippen molar-refractivity contribution in [1.29, 1.82) is 0 Å². The molecule has 0 saturated carbocycles. The van der Waals surface area contributed by atoms with Crippen LogP contribution in [0.5, 0.6) is 11.5 Å². The summed E-state index contributed by atoms with van der Waals surface area (Å²) in [6.45, 7) is 4.61. The van der Waals surface area contributed by atoms with Crippen LogP contribution in [-0.4, -0.2) is 31.2 Å². The van der Waals surface area contributed by atoms with Gasteiger partial charge in [-0.3, -0.25) is 4.79 Å². The zero-order valence-corrected chi connectivity index (χ0v) is 10.3. The number of hydrogen-bond donors (Lipinski definition) is 1. The molecule has 0 unspecified atom stereocenters. The predicted octanol–water partition coefficient (Wildman–Crippen LogP) is 2.22. The molecule has 0 fully saturated rings. The monoisotopic (exact) mass is 250 g/mol. The summed E-state index contributed by atoms with van der Waals surface area (Å²) in [5.74, 6) is 1.17. The van der Waals surface area contributed by atoms with Crippen LogP contribution in [0.3, 0.4) is 0 Å². The van der Waals surface area contributed by atoms with Gasteiger partial charge in [-0.25, -0.2) is 0 Å². The molecule has 0 aliphatic heterocycles. The van der Waals surface area contributed by atoms with E-state index in [9.17, 15) is 4.79 Å². The first-order valence-corrected chi connectivity index (χ1v) is 5.87. The van der Waals surface area contributed by atoms with Gasteiger partial charge in [-0.15, -0.1) is 6.58 Å². The number of aldehydes is 1. The number of carbonyl (C=O) groups excluding carboxylic acids is 1. The Morgan fingerprint density at radius 1 is 1.17 bits per heavy atom. The van der Waals surface area contributed by atoms with Crippen molar-refractivity contribution in [3.8, 4) is 11.5 Å². The van der Waals surface area contributed by atoms with Gasteiger partial charge in [0, 0.05) is 24.7 Å². The van der Waals surface area contributed by atoms with Gasteiger partial charge in [0.2, 0.25) is 0 Å². The van der Waals surface area contributed by atoms with Crippen LogP contribution in [0.4, 0.5) is 0 Å². The standard InChI is InChI=1S/C14H18O4/c1-2-3-6-17-13-8-12(11-16)9-14(10-13)18-7-4-5-15/h2,8-11,15H,1,3-7H2. The SMILES string of the molecule is C=CCCOc1cc(C=O)cc(OCCCO)c1. The molecule has 4 nitrogen and oxygen atoms in total. The highest BCUT2D eigenvalue weighted by molar-refractivity contribution is 5.76. The Morgan fingerprint density at radius 3 is 2.39 bits per heavy atom. The lowest BCUT2D eigenvalue weighted by molar-refractivity contribution is 0.112. The highest BCUT2D eigenvalue weighted by Crippen LogP contribution is 2.22. The highest BCUT2D eigenvalue weighted by atomic mass is 16.5. The third kappa shape index (κ3) is 5.01. The normalized spacial score (nSPS) is 9.83. The van der Waals surface area contributed by atoms with E-state index in [4.69, 9.17) is 14.6 Å². The van der Waals surface area contributed by atoms with Gasteiger partial charge >= 0.3 is 0 Å². The summed E-state index contributed by atoms with van der Waals surface area (Å²) in [6, 6.07) is 5.03. The summed E-state index contributed by atoms with van der Waals surface area (Å²) in [6.07, 6.45) is 3.81. The number of benzene rings is 1. The molecule has 0 aromatic heterocycles. The number of carbonyl (C=O) groups is 1. The summed E-state index contributed by atoms with van der Waals surface area (Å²) in [5, 5.41) is 8.67. The van der Waals surface area contributed by atoms with Crippen LogP contribution in [0.1, 0.15) is 23.2 Å². The fourth-order valence-corrected chi connectivity index (χ4v) is 1.34. The fraction of sp³-hybridized carbons (Fsp3) is 0.357. The van der Waals surface area contributed by atoms with Crippen molar-refractivity contribution in [1.82, 2.24) is 0 Å². The van der Waals surface area contributed by atoms with Crippen molar-refractivity contribution in [2.24, 2.45) is 0 Å². The van der Waals surface area contributed by atoms with Gasteiger partial charge in [-0.05, 0) is 18.6 Å². The number of rotatable bonds is 9. The smallest absolute Gasteiger partial charge is 0.150 e. The van der Waals surface area contributed by atoms with Crippen molar-refractivity contribution in [2.75, 3.05) is 19.8 Å². The zero-order valence-electron chi connectivity index (χ0n) is 10.3. The van der Waals surface area contributed by atoms with E-state index in [-0.39, 0.29) is 6.61 Å². The minimum absolute atomic E-state index is 0.0794. The number of aliphatic hydroxyl groups is 1. The molecule has 0 heterocycles. The van der Waals surface area contributed by atoms with E-state index in [0.717, 1.165) is 12.7 Å². The maximum Gasteiger partial charge on any atom is 0.150 e. The van der Waals surface area contributed by atoms with Gasteiger partial charge in [0.05, 0.1) is 13.2 Å². The minimum Gasteiger partial charge on any atom is -0.493 e. The Labute approximate surface area is 107 Å². The maximum atomic E-state index is 10.8. The van der Waals surface area contributed by atoms with Gasteiger partial charge < -0.3 is 14.6 Å². The van der Waals surface area contributed by atoms with E-state index in [0.29, 0.717) is 36.7 Å². The Hall–Kier alpha value is -1.81. The van der Waals surface area contributed by atoms with E-state index in [2.05, 4.69) is 6.58 Å². The predicted molar refractivity (Wildman–Crippen MR) is 69.3 cm³/mol. The van der Waals surface area contributed by atoms with Gasteiger partial charge in [-0.2, -0.15) is 0 Å². The van der Waals surface area contributed by atoms with E-state index >= 15 is 0 Å². The second-order valence-electron chi connectivity index (χ2n) is 3.71. The Bertz CT molecular complexity index is 387. The molecule has 98 valence electrons. The fourth-order valence-electron chi connectivity index (χ4n) is 1.34. The van der Waals surface area contributed by atoms with E-state index < -0.39 is 0 Å². The van der Waals surface area contributed by atoms with Crippen LogP contribution in [0.15, 0.2) is 30.9 Å². The van der Waals surface area contributed by atoms with Crippen molar-refractivity contribution in [3.63, 3.8) is 0 Å². The highest BCUT2D eigenvalue weighted by Gasteiger charge is 2.02. The van der Waals surface area contributed by atoms with E-state index in [1.54, 1.807) is 24.3 Å². The first-order chi connectivity index (χ1) is 8.80. The average Bonchev–Trinajstić information content (AvgIpc) is 2.39. The quantitative estimate of drug-likeness (QED) is 0.415. The van der Waals surface area contributed by atoms with Gasteiger partial charge in [-0.1, -0.05) is 6.08 Å². The molecule has 0 aliphatic carbocycles. The molecule has 0 bridgehead atoms. The molecule has 1 N–H and O–H groups in total. The topological polar surface area (TPSA) is 55.8 Å². The summed E-state index contributed by atoms with van der Waals surface area (Å²) in [7, 11) is 0. The van der Waals surface area contributed by atoms with Gasteiger partial charge in [0.1, 0.15) is 17.8 Å². The lowest BCUT2D eigenvalue weighted by Crippen LogP contribution is -2.01. The summed E-state index contributed by atoms with van der Waals surface area (Å²) < 4.78 is 10.9. The minimum atomic E-state index is 0.0794.